The lowest BCUT2D eigenvalue weighted by Crippen LogP contribution is -2.30. The summed E-state index contributed by atoms with van der Waals surface area (Å²) >= 11 is 5.49. The maximum Gasteiger partial charge on any atom is 0.237 e. The van der Waals surface area contributed by atoms with Gasteiger partial charge in [-0.2, -0.15) is 0 Å². The molecule has 1 amide bonds. The quantitative estimate of drug-likeness (QED) is 0.704. The van der Waals surface area contributed by atoms with Crippen molar-refractivity contribution in [1.82, 2.24) is 4.90 Å². The highest BCUT2D eigenvalue weighted by molar-refractivity contribution is 6.27. The number of alkyl halides is 1. The molecule has 76 valence electrons. The summed E-state index contributed by atoms with van der Waals surface area (Å²) in [6.07, 6.45) is 0. The summed E-state index contributed by atoms with van der Waals surface area (Å²) in [5.41, 5.74) is 1.12. The van der Waals surface area contributed by atoms with E-state index < -0.39 is 0 Å². The first-order chi connectivity index (χ1) is 6.66. The Morgan fingerprint density at radius 3 is 2.50 bits per heavy atom. The van der Waals surface area contributed by atoms with Crippen LogP contribution in [0.5, 0.6) is 0 Å². The van der Waals surface area contributed by atoms with E-state index in [1.165, 1.54) is 0 Å². The Balaban J connectivity index is 2.75. The smallest absolute Gasteiger partial charge is 0.237 e. The zero-order valence-electron chi connectivity index (χ0n) is 8.40. The normalized spacial score (nSPS) is 12.2. The van der Waals surface area contributed by atoms with Crippen molar-refractivity contribution in [2.75, 3.05) is 12.9 Å². The van der Waals surface area contributed by atoms with E-state index in [1.54, 1.807) is 11.9 Å². The van der Waals surface area contributed by atoms with Gasteiger partial charge in [-0.25, -0.2) is 0 Å². The van der Waals surface area contributed by atoms with Crippen molar-refractivity contribution in [2.24, 2.45) is 0 Å². The molecular weight excluding hydrogens is 198 g/mol. The fourth-order valence-corrected chi connectivity index (χ4v) is 1.45. The van der Waals surface area contributed by atoms with E-state index in [1.807, 2.05) is 37.3 Å². The van der Waals surface area contributed by atoms with E-state index in [4.69, 9.17) is 11.6 Å². The molecule has 1 aromatic rings. The molecule has 1 aromatic carbocycles. The molecule has 1 rings (SSSR count). The Bertz CT molecular complexity index is 299. The molecule has 0 saturated carbocycles. The van der Waals surface area contributed by atoms with Crippen molar-refractivity contribution in [3.8, 4) is 0 Å². The molecule has 0 saturated heterocycles. The second-order valence-corrected chi connectivity index (χ2v) is 3.49. The third kappa shape index (κ3) is 2.48. The summed E-state index contributed by atoms with van der Waals surface area (Å²) in [4.78, 5) is 13.0. The highest BCUT2D eigenvalue weighted by Crippen LogP contribution is 2.18. The fourth-order valence-electron chi connectivity index (χ4n) is 1.27. The van der Waals surface area contributed by atoms with Crippen molar-refractivity contribution >= 4 is 17.5 Å². The van der Waals surface area contributed by atoms with Crippen LogP contribution in [-0.4, -0.2) is 23.7 Å². The fraction of sp³-hybridized carbons (Fsp3) is 0.364. The standard InChI is InChI=1S/C11H14ClNO/c1-9(13(2)11(14)8-12)10-6-4-3-5-7-10/h3-7,9H,8H2,1-2H3/t9-/m1/s1. The minimum Gasteiger partial charge on any atom is -0.338 e. The van der Waals surface area contributed by atoms with E-state index in [2.05, 4.69) is 0 Å². The molecule has 0 aromatic heterocycles. The number of hydrogen-bond acceptors (Lipinski definition) is 1. The van der Waals surface area contributed by atoms with E-state index in [-0.39, 0.29) is 17.8 Å². The summed E-state index contributed by atoms with van der Waals surface area (Å²) in [5.74, 6) is -0.0174. The highest BCUT2D eigenvalue weighted by atomic mass is 35.5. The Morgan fingerprint density at radius 1 is 1.43 bits per heavy atom. The van der Waals surface area contributed by atoms with Crippen LogP contribution in [0, 0.1) is 0 Å². The summed E-state index contributed by atoms with van der Waals surface area (Å²) in [6, 6.07) is 9.96. The maximum absolute atomic E-state index is 11.3. The Labute approximate surface area is 89.5 Å². The van der Waals surface area contributed by atoms with Gasteiger partial charge in [0.05, 0.1) is 6.04 Å². The van der Waals surface area contributed by atoms with Gasteiger partial charge in [-0.1, -0.05) is 30.3 Å². The van der Waals surface area contributed by atoms with Gasteiger partial charge < -0.3 is 4.90 Å². The molecule has 0 bridgehead atoms. The predicted octanol–water partition coefficient (Wildman–Crippen LogP) is 2.44. The molecule has 2 nitrogen and oxygen atoms in total. The van der Waals surface area contributed by atoms with Gasteiger partial charge in [0.2, 0.25) is 5.91 Å². The van der Waals surface area contributed by atoms with Crippen molar-refractivity contribution < 1.29 is 4.79 Å². The largest absolute Gasteiger partial charge is 0.338 e. The highest BCUT2D eigenvalue weighted by Gasteiger charge is 2.15. The van der Waals surface area contributed by atoms with Crippen LogP contribution in [0.3, 0.4) is 0 Å². The van der Waals surface area contributed by atoms with Gasteiger partial charge in [-0.15, -0.1) is 11.6 Å². The first-order valence-electron chi connectivity index (χ1n) is 4.53. The molecule has 0 radical (unpaired) electrons. The summed E-state index contributed by atoms with van der Waals surface area (Å²) in [7, 11) is 1.77. The van der Waals surface area contributed by atoms with Gasteiger partial charge in [0.25, 0.3) is 0 Å². The number of nitrogens with zero attached hydrogens (tertiary/aromatic N) is 1. The van der Waals surface area contributed by atoms with E-state index in [0.717, 1.165) is 5.56 Å². The minimum atomic E-state index is -0.0528. The lowest BCUT2D eigenvalue weighted by molar-refractivity contribution is -0.129. The lowest BCUT2D eigenvalue weighted by atomic mass is 10.1. The number of carbonyl (C=O) groups excluding carboxylic acids is 1. The number of carbonyl (C=O) groups is 1. The number of benzene rings is 1. The molecular formula is C11H14ClNO. The summed E-state index contributed by atoms with van der Waals surface area (Å²) in [5, 5.41) is 0. The second-order valence-electron chi connectivity index (χ2n) is 3.22. The SMILES string of the molecule is C[C@H](c1ccccc1)N(C)C(=O)CCl. The van der Waals surface area contributed by atoms with Crippen LogP contribution in [0.1, 0.15) is 18.5 Å². The van der Waals surface area contributed by atoms with Gasteiger partial charge in [0.1, 0.15) is 5.88 Å². The third-order valence-corrected chi connectivity index (χ3v) is 2.60. The molecule has 3 heteroatoms. The van der Waals surface area contributed by atoms with Gasteiger partial charge in [0.15, 0.2) is 0 Å². The molecule has 0 fully saturated rings. The van der Waals surface area contributed by atoms with Gasteiger partial charge in [-0.05, 0) is 12.5 Å². The van der Waals surface area contributed by atoms with Crippen LogP contribution in [0.25, 0.3) is 0 Å². The first kappa shape index (κ1) is 11.1. The minimum absolute atomic E-state index is 0.0354. The molecule has 0 spiro atoms. The second kappa shape index (κ2) is 5.01. The van der Waals surface area contributed by atoms with Crippen LogP contribution in [0.15, 0.2) is 30.3 Å². The van der Waals surface area contributed by atoms with Crippen LogP contribution >= 0.6 is 11.6 Å². The predicted molar refractivity (Wildman–Crippen MR) is 58.3 cm³/mol. The average molecular weight is 212 g/mol. The zero-order chi connectivity index (χ0) is 10.6. The van der Waals surface area contributed by atoms with Crippen LogP contribution in [0.4, 0.5) is 0 Å². The lowest BCUT2D eigenvalue weighted by Gasteiger charge is -2.24. The molecule has 0 N–H and O–H groups in total. The number of hydrogen-bond donors (Lipinski definition) is 0. The van der Waals surface area contributed by atoms with Crippen molar-refractivity contribution in [3.05, 3.63) is 35.9 Å². The van der Waals surface area contributed by atoms with Crippen LogP contribution in [-0.2, 0) is 4.79 Å². The van der Waals surface area contributed by atoms with Crippen LogP contribution in [0.2, 0.25) is 0 Å². The molecule has 0 heterocycles. The molecule has 1 atom stereocenters. The summed E-state index contributed by atoms with van der Waals surface area (Å²) in [6.45, 7) is 1.99. The van der Waals surface area contributed by atoms with E-state index >= 15 is 0 Å². The van der Waals surface area contributed by atoms with Crippen LogP contribution < -0.4 is 0 Å². The molecule has 0 aliphatic rings. The van der Waals surface area contributed by atoms with Gasteiger partial charge >= 0.3 is 0 Å². The van der Waals surface area contributed by atoms with E-state index in [0.29, 0.717) is 0 Å². The third-order valence-electron chi connectivity index (χ3n) is 2.37. The molecule has 14 heavy (non-hydrogen) atoms. The zero-order valence-corrected chi connectivity index (χ0v) is 9.16. The van der Waals surface area contributed by atoms with E-state index in [9.17, 15) is 4.79 Å². The number of rotatable bonds is 3. The first-order valence-corrected chi connectivity index (χ1v) is 5.07. The average Bonchev–Trinajstić information content (AvgIpc) is 2.27. The number of halogens is 1. The van der Waals surface area contributed by atoms with Crippen molar-refractivity contribution in [1.29, 1.82) is 0 Å². The van der Waals surface area contributed by atoms with Gasteiger partial charge in [-0.3, -0.25) is 4.79 Å². The number of amides is 1. The van der Waals surface area contributed by atoms with Crippen molar-refractivity contribution in [3.63, 3.8) is 0 Å². The molecule has 0 aliphatic heterocycles. The maximum atomic E-state index is 11.3. The Morgan fingerprint density at radius 2 is 2.00 bits per heavy atom. The monoisotopic (exact) mass is 211 g/mol. The molecule has 0 aliphatic carbocycles. The Hall–Kier alpha value is -1.02. The molecule has 0 unspecified atom stereocenters. The topological polar surface area (TPSA) is 20.3 Å². The van der Waals surface area contributed by atoms with Gasteiger partial charge in [0, 0.05) is 7.05 Å². The summed E-state index contributed by atoms with van der Waals surface area (Å²) < 4.78 is 0. The Kier molecular flexibility index (Phi) is 3.96. The van der Waals surface area contributed by atoms with Crippen molar-refractivity contribution in [2.45, 2.75) is 13.0 Å².